The molecule has 3 aromatic rings. The van der Waals surface area contributed by atoms with Gasteiger partial charge in [0.05, 0.1) is 17.9 Å². The molecule has 0 spiro atoms. The first-order chi connectivity index (χ1) is 8.84. The van der Waals surface area contributed by atoms with E-state index in [1.165, 1.54) is 0 Å². The van der Waals surface area contributed by atoms with Crippen molar-refractivity contribution in [2.45, 2.75) is 6.54 Å². The minimum Gasteiger partial charge on any atom is -0.368 e. The topological polar surface area (TPSA) is 73.5 Å². The monoisotopic (exact) mass is 243 g/mol. The Morgan fingerprint density at radius 1 is 1.33 bits per heavy atom. The van der Waals surface area contributed by atoms with Gasteiger partial charge in [-0.05, 0) is 0 Å². The molecule has 0 bridgehead atoms. The van der Waals surface area contributed by atoms with Crippen molar-refractivity contribution in [1.82, 2.24) is 29.3 Å². The van der Waals surface area contributed by atoms with Gasteiger partial charge in [0.2, 0.25) is 0 Å². The molecule has 0 radical (unpaired) electrons. The number of rotatable bonds is 4. The number of hydrogen-bond acceptors (Lipinski definition) is 5. The Hall–Kier alpha value is -2.44. The van der Waals surface area contributed by atoms with Gasteiger partial charge in [-0.25, -0.2) is 15.0 Å². The maximum absolute atomic E-state index is 4.24. The fourth-order valence-electron chi connectivity index (χ4n) is 1.83. The van der Waals surface area contributed by atoms with Gasteiger partial charge in [-0.2, -0.15) is 5.10 Å². The van der Waals surface area contributed by atoms with Crippen LogP contribution in [0.15, 0.2) is 31.2 Å². The van der Waals surface area contributed by atoms with Gasteiger partial charge in [0.15, 0.2) is 5.65 Å². The van der Waals surface area contributed by atoms with Crippen molar-refractivity contribution >= 4 is 16.9 Å². The second kappa shape index (κ2) is 4.44. The molecule has 7 heteroatoms. The van der Waals surface area contributed by atoms with Crippen molar-refractivity contribution in [3.63, 3.8) is 0 Å². The quantitative estimate of drug-likeness (QED) is 0.729. The Bertz CT molecular complexity index is 641. The third-order valence-electron chi connectivity index (χ3n) is 2.75. The van der Waals surface area contributed by atoms with E-state index in [1.807, 2.05) is 17.8 Å². The summed E-state index contributed by atoms with van der Waals surface area (Å²) < 4.78 is 3.74. The van der Waals surface area contributed by atoms with Gasteiger partial charge in [0.25, 0.3) is 0 Å². The Kier molecular flexibility index (Phi) is 2.64. The van der Waals surface area contributed by atoms with Crippen LogP contribution in [0.5, 0.6) is 0 Å². The van der Waals surface area contributed by atoms with Crippen LogP contribution in [-0.2, 0) is 13.6 Å². The summed E-state index contributed by atoms with van der Waals surface area (Å²) in [5, 5.41) is 8.40. The van der Waals surface area contributed by atoms with E-state index in [0.29, 0.717) is 0 Å². The van der Waals surface area contributed by atoms with Crippen molar-refractivity contribution in [2.75, 3.05) is 11.9 Å². The Labute approximate surface area is 104 Å². The van der Waals surface area contributed by atoms with Crippen molar-refractivity contribution < 1.29 is 0 Å². The average Bonchev–Trinajstić information content (AvgIpc) is 3.01. The van der Waals surface area contributed by atoms with Gasteiger partial charge in [-0.1, -0.05) is 0 Å². The first-order valence-electron chi connectivity index (χ1n) is 5.67. The van der Waals surface area contributed by atoms with E-state index in [-0.39, 0.29) is 0 Å². The van der Waals surface area contributed by atoms with Crippen LogP contribution < -0.4 is 5.32 Å². The summed E-state index contributed by atoms with van der Waals surface area (Å²) in [6, 6.07) is 0. The lowest BCUT2D eigenvalue weighted by Crippen LogP contribution is -2.10. The maximum atomic E-state index is 4.24. The zero-order valence-corrected chi connectivity index (χ0v) is 9.98. The van der Waals surface area contributed by atoms with Crippen LogP contribution >= 0.6 is 0 Å². The molecule has 0 aromatic carbocycles. The molecule has 0 unspecified atom stereocenters. The summed E-state index contributed by atoms with van der Waals surface area (Å²) in [7, 11) is 1.87. The molecule has 92 valence electrons. The fourth-order valence-corrected chi connectivity index (χ4v) is 1.83. The number of imidazole rings is 1. The lowest BCUT2D eigenvalue weighted by atomic mass is 10.4. The van der Waals surface area contributed by atoms with E-state index >= 15 is 0 Å². The van der Waals surface area contributed by atoms with Crippen molar-refractivity contribution in [2.24, 2.45) is 7.05 Å². The van der Waals surface area contributed by atoms with E-state index < -0.39 is 0 Å². The molecule has 7 nitrogen and oxygen atoms in total. The molecule has 3 aromatic heterocycles. The van der Waals surface area contributed by atoms with Gasteiger partial charge in [0.1, 0.15) is 12.1 Å². The van der Waals surface area contributed by atoms with Gasteiger partial charge < -0.3 is 9.88 Å². The van der Waals surface area contributed by atoms with Crippen molar-refractivity contribution in [3.05, 3.63) is 31.2 Å². The SMILES string of the molecule is Cn1ncc2c(NCCn3ccnc3)ncnc21. The Morgan fingerprint density at radius 3 is 3.11 bits per heavy atom. The average molecular weight is 243 g/mol. The molecule has 0 amide bonds. The molecule has 3 heterocycles. The predicted molar refractivity (Wildman–Crippen MR) is 67.0 cm³/mol. The Morgan fingerprint density at radius 2 is 2.28 bits per heavy atom. The zero-order valence-electron chi connectivity index (χ0n) is 9.98. The fraction of sp³-hybridized carbons (Fsp3) is 0.273. The largest absolute Gasteiger partial charge is 0.368 e. The summed E-state index contributed by atoms with van der Waals surface area (Å²) in [5.74, 6) is 0.813. The summed E-state index contributed by atoms with van der Waals surface area (Å²) in [6.07, 6.45) is 8.81. The van der Waals surface area contributed by atoms with Gasteiger partial charge in [-0.15, -0.1) is 0 Å². The molecule has 18 heavy (non-hydrogen) atoms. The summed E-state index contributed by atoms with van der Waals surface area (Å²) in [5.41, 5.74) is 0.829. The van der Waals surface area contributed by atoms with Crippen molar-refractivity contribution in [3.8, 4) is 0 Å². The second-order valence-electron chi connectivity index (χ2n) is 3.96. The summed E-state index contributed by atoms with van der Waals surface area (Å²) in [4.78, 5) is 12.4. The highest BCUT2D eigenvalue weighted by atomic mass is 15.3. The van der Waals surface area contributed by atoms with Crippen LogP contribution in [0.4, 0.5) is 5.82 Å². The van der Waals surface area contributed by atoms with Crippen LogP contribution in [0, 0.1) is 0 Å². The second-order valence-corrected chi connectivity index (χ2v) is 3.96. The number of aryl methyl sites for hydroxylation is 1. The molecule has 3 rings (SSSR count). The van der Waals surface area contributed by atoms with Crippen LogP contribution in [0.3, 0.4) is 0 Å². The number of hydrogen-bond donors (Lipinski definition) is 1. The smallest absolute Gasteiger partial charge is 0.163 e. The van der Waals surface area contributed by atoms with E-state index in [0.717, 1.165) is 29.9 Å². The van der Waals surface area contributed by atoms with E-state index in [1.54, 1.807) is 29.7 Å². The molecule has 1 N–H and O–H groups in total. The van der Waals surface area contributed by atoms with Crippen LogP contribution in [-0.4, -0.2) is 35.8 Å². The minimum atomic E-state index is 0.775. The van der Waals surface area contributed by atoms with E-state index in [4.69, 9.17) is 0 Å². The minimum absolute atomic E-state index is 0.775. The van der Waals surface area contributed by atoms with Gasteiger partial charge >= 0.3 is 0 Å². The molecule has 0 saturated heterocycles. The first-order valence-corrected chi connectivity index (χ1v) is 5.67. The van der Waals surface area contributed by atoms with Crippen LogP contribution in [0.25, 0.3) is 11.0 Å². The number of fused-ring (bicyclic) bond motifs is 1. The first kappa shape index (κ1) is 10.7. The van der Waals surface area contributed by atoms with Gasteiger partial charge in [0, 0.05) is 32.5 Å². The van der Waals surface area contributed by atoms with E-state index in [9.17, 15) is 0 Å². The van der Waals surface area contributed by atoms with Crippen LogP contribution in [0.1, 0.15) is 0 Å². The molecule has 0 aliphatic heterocycles. The van der Waals surface area contributed by atoms with Crippen LogP contribution in [0.2, 0.25) is 0 Å². The molecule has 0 saturated carbocycles. The molecule has 0 atom stereocenters. The third kappa shape index (κ3) is 1.90. The molecule has 0 fully saturated rings. The van der Waals surface area contributed by atoms with E-state index in [2.05, 4.69) is 25.4 Å². The zero-order chi connectivity index (χ0) is 12.4. The predicted octanol–water partition coefficient (Wildman–Crippen LogP) is 0.672. The highest BCUT2D eigenvalue weighted by molar-refractivity contribution is 5.85. The number of aromatic nitrogens is 6. The lowest BCUT2D eigenvalue weighted by Gasteiger charge is -2.06. The normalized spacial score (nSPS) is 10.9. The lowest BCUT2D eigenvalue weighted by molar-refractivity contribution is 0.725. The van der Waals surface area contributed by atoms with Crippen molar-refractivity contribution in [1.29, 1.82) is 0 Å². The number of nitrogens with one attached hydrogen (secondary N) is 1. The Balaban J connectivity index is 1.74. The summed E-state index contributed by atoms with van der Waals surface area (Å²) >= 11 is 0. The summed E-state index contributed by atoms with van der Waals surface area (Å²) in [6.45, 7) is 1.61. The number of nitrogens with zero attached hydrogens (tertiary/aromatic N) is 6. The highest BCUT2D eigenvalue weighted by Gasteiger charge is 2.06. The third-order valence-corrected chi connectivity index (χ3v) is 2.75. The van der Waals surface area contributed by atoms with Gasteiger partial charge in [-0.3, -0.25) is 4.68 Å². The standard InChI is InChI=1S/C11H13N7/c1-17-11-9(6-16-17)10(14-7-15-11)13-3-5-18-4-2-12-8-18/h2,4,6-8H,3,5H2,1H3,(H,13,14,15). The maximum Gasteiger partial charge on any atom is 0.163 e. The molecule has 0 aliphatic carbocycles. The molecule has 0 aliphatic rings. The number of anilines is 1. The highest BCUT2D eigenvalue weighted by Crippen LogP contribution is 2.17. The molecular formula is C11H13N7. The molecular weight excluding hydrogens is 230 g/mol.